The van der Waals surface area contributed by atoms with Crippen LogP contribution in [0.4, 0.5) is 0 Å². The number of hydrogen-bond acceptors (Lipinski definition) is 4. The minimum atomic E-state index is -5.20. The third kappa shape index (κ3) is 12.0. The molecule has 4 nitrogen and oxygen atoms in total. The van der Waals surface area contributed by atoms with E-state index in [4.69, 9.17) is 13.6 Å². The molecule has 0 aliphatic carbocycles. The smallest absolute Gasteiger partial charge is 0.270 e. The molecular formula is C72H75O4P. The van der Waals surface area contributed by atoms with Gasteiger partial charge in [0.15, 0.2) is 0 Å². The Morgan fingerprint density at radius 3 is 0.623 bits per heavy atom. The van der Waals surface area contributed by atoms with Crippen LogP contribution in [0.2, 0.25) is 0 Å². The number of unbranched alkanes of at least 4 members (excludes halogenated alkanes) is 3. The molecule has 0 radical (unpaired) electrons. The molecule has 0 fully saturated rings. The van der Waals surface area contributed by atoms with Gasteiger partial charge in [-0.05, 0) is 69.3 Å². The summed E-state index contributed by atoms with van der Waals surface area (Å²) in [5, 5.41) is 0. The highest BCUT2D eigenvalue weighted by molar-refractivity contribution is 7.48. The van der Waals surface area contributed by atoms with Crippen molar-refractivity contribution < 1.29 is 18.1 Å². The van der Waals surface area contributed by atoms with Crippen LogP contribution in [0.1, 0.15) is 146 Å². The van der Waals surface area contributed by atoms with Crippen LogP contribution in [0, 0.1) is 0 Å². The van der Waals surface area contributed by atoms with E-state index in [1.54, 1.807) is 0 Å². The van der Waals surface area contributed by atoms with Crippen molar-refractivity contribution in [2.75, 3.05) is 0 Å². The van der Waals surface area contributed by atoms with Crippen LogP contribution in [-0.2, 0) is 34.9 Å². The largest absolute Gasteiger partial charge is 0.478 e. The van der Waals surface area contributed by atoms with Crippen LogP contribution in [0.15, 0.2) is 273 Å². The lowest BCUT2D eigenvalue weighted by atomic mass is 9.71. The molecule has 0 spiro atoms. The zero-order valence-electron chi connectivity index (χ0n) is 45.2. The van der Waals surface area contributed by atoms with Gasteiger partial charge in [0, 0.05) is 17.8 Å². The fourth-order valence-corrected chi connectivity index (χ4v) is 14.2. The van der Waals surface area contributed by atoms with Crippen LogP contribution in [0.25, 0.3) is 0 Å². The van der Waals surface area contributed by atoms with E-state index in [1.165, 1.54) is 0 Å². The van der Waals surface area contributed by atoms with Gasteiger partial charge in [0.25, 0.3) is 0 Å². The number of phosphoric ester groups is 1. The molecule has 0 aliphatic heterocycles. The summed E-state index contributed by atoms with van der Waals surface area (Å²) < 4.78 is 44.3. The zero-order chi connectivity index (χ0) is 53.2. The maximum absolute atomic E-state index is 19.1. The molecule has 77 heavy (non-hydrogen) atoms. The fourth-order valence-electron chi connectivity index (χ4n) is 12.0. The fraction of sp³-hybridized carbons (Fsp3) is 0.250. The van der Waals surface area contributed by atoms with Crippen LogP contribution < -0.4 is 0 Å². The Balaban J connectivity index is 1.48. The molecule has 3 unspecified atom stereocenters. The first-order valence-electron chi connectivity index (χ1n) is 28.1. The van der Waals surface area contributed by atoms with Gasteiger partial charge in [-0.25, -0.2) is 4.57 Å². The molecule has 0 bridgehead atoms. The summed E-state index contributed by atoms with van der Waals surface area (Å²) in [6.45, 7) is 6.69. The first-order valence-corrected chi connectivity index (χ1v) is 29.6. The Kier molecular flexibility index (Phi) is 18.8. The SMILES string of the molecule is CCCCC(c1ccccc1)C(OP(=O)(OC(c1ccccc1)(c1ccccc1)C(CCCC)c1ccccc1)OC(c1ccccc1)(c1ccccc1)C(CCCC)c1ccccc1)(c1ccccc1)c1ccccc1. The third-order valence-electron chi connectivity index (χ3n) is 15.6. The van der Waals surface area contributed by atoms with E-state index < -0.39 is 24.6 Å². The van der Waals surface area contributed by atoms with Gasteiger partial charge in [0.05, 0.1) is 0 Å². The van der Waals surface area contributed by atoms with Gasteiger partial charge in [-0.1, -0.05) is 332 Å². The Morgan fingerprint density at radius 2 is 0.455 bits per heavy atom. The van der Waals surface area contributed by atoms with Crippen molar-refractivity contribution in [1.29, 1.82) is 0 Å². The summed E-state index contributed by atoms with van der Waals surface area (Å²) in [5.41, 5.74) is 3.83. The zero-order valence-corrected chi connectivity index (χ0v) is 46.1. The topological polar surface area (TPSA) is 44.8 Å². The third-order valence-corrected chi connectivity index (χ3v) is 17.1. The standard InChI is InChI=1S/C72H75O4P/c1-4-7-55-67(58-37-19-10-20-38-58)70(61-43-25-13-26-44-61,62-45-27-14-28-46-62)74-77(73,75-71(63-47-29-15-30-48-63,64-49-31-16-32-50-64)68(56-8-5-2)59-39-21-11-22-40-59)76-72(65-51-33-17-34-52-65,66-53-35-18-36-54-66)69(57-9-6-3)60-41-23-12-24-42-60/h10-54,67-69H,4-9,55-57H2,1-3H3. The van der Waals surface area contributed by atoms with Gasteiger partial charge in [0.2, 0.25) is 0 Å². The molecule has 3 atom stereocenters. The average Bonchev–Trinajstić information content (AvgIpc) is 3.51. The Labute approximate surface area is 459 Å². The summed E-state index contributed by atoms with van der Waals surface area (Å²) in [5.74, 6) is -1.14. The van der Waals surface area contributed by atoms with E-state index in [1.807, 2.05) is 36.4 Å². The number of hydrogen-bond donors (Lipinski definition) is 0. The molecular weight excluding hydrogens is 960 g/mol. The molecule has 0 aromatic heterocycles. The Hall–Kier alpha value is -6.91. The normalized spacial score (nSPS) is 14.0. The van der Waals surface area contributed by atoms with Gasteiger partial charge in [-0.3, -0.25) is 13.6 Å². The van der Waals surface area contributed by atoms with Crippen molar-refractivity contribution in [3.8, 4) is 0 Å². The second kappa shape index (κ2) is 26.4. The maximum atomic E-state index is 19.1. The molecule has 0 heterocycles. The minimum Gasteiger partial charge on any atom is -0.270 e. The summed E-state index contributed by atoms with van der Waals surface area (Å²) in [6.07, 6.45) is 7.60. The van der Waals surface area contributed by atoms with E-state index in [9.17, 15) is 0 Å². The lowest BCUT2D eigenvalue weighted by Crippen LogP contribution is -2.44. The van der Waals surface area contributed by atoms with E-state index in [-0.39, 0.29) is 17.8 Å². The van der Waals surface area contributed by atoms with E-state index >= 15 is 4.57 Å². The van der Waals surface area contributed by atoms with Crippen LogP contribution in [0.5, 0.6) is 0 Å². The molecule has 0 amide bonds. The molecule has 0 saturated carbocycles. The monoisotopic (exact) mass is 1030 g/mol. The Bertz CT molecular complexity index is 2680. The highest BCUT2D eigenvalue weighted by Crippen LogP contribution is 2.71. The molecule has 9 aromatic carbocycles. The van der Waals surface area contributed by atoms with Crippen molar-refractivity contribution in [1.82, 2.24) is 0 Å². The molecule has 5 heteroatoms. The van der Waals surface area contributed by atoms with Gasteiger partial charge in [-0.2, -0.15) is 0 Å². The van der Waals surface area contributed by atoms with E-state index in [0.717, 1.165) is 88.6 Å². The quantitative estimate of drug-likeness (QED) is 0.0482. The predicted molar refractivity (Wildman–Crippen MR) is 318 cm³/mol. The maximum Gasteiger partial charge on any atom is 0.478 e. The summed E-state index contributed by atoms with van der Waals surface area (Å²) in [4.78, 5) is 0. The van der Waals surface area contributed by atoms with Crippen molar-refractivity contribution in [3.63, 3.8) is 0 Å². The van der Waals surface area contributed by atoms with Gasteiger partial charge >= 0.3 is 7.82 Å². The molecule has 0 saturated heterocycles. The van der Waals surface area contributed by atoms with Gasteiger partial charge in [-0.15, -0.1) is 0 Å². The Morgan fingerprint density at radius 1 is 0.286 bits per heavy atom. The number of phosphoric acid groups is 1. The van der Waals surface area contributed by atoms with Crippen molar-refractivity contribution in [2.45, 2.75) is 113 Å². The van der Waals surface area contributed by atoms with Gasteiger partial charge in [0.1, 0.15) is 16.8 Å². The predicted octanol–water partition coefficient (Wildman–Crippen LogP) is 19.9. The average molecular weight is 1040 g/mol. The van der Waals surface area contributed by atoms with Crippen LogP contribution in [-0.4, -0.2) is 0 Å². The second-order valence-corrected chi connectivity index (χ2v) is 21.9. The van der Waals surface area contributed by atoms with Crippen molar-refractivity contribution in [2.24, 2.45) is 0 Å². The van der Waals surface area contributed by atoms with Crippen molar-refractivity contribution >= 4 is 7.82 Å². The molecule has 392 valence electrons. The molecule has 9 aromatic rings. The summed E-state index contributed by atoms with van der Waals surface area (Å²) >= 11 is 0. The van der Waals surface area contributed by atoms with Crippen molar-refractivity contribution in [3.05, 3.63) is 323 Å². The lowest BCUT2D eigenvalue weighted by Gasteiger charge is -2.50. The molecule has 0 aliphatic rings. The van der Waals surface area contributed by atoms with E-state index in [2.05, 4.69) is 257 Å². The second-order valence-electron chi connectivity index (χ2n) is 20.4. The van der Waals surface area contributed by atoms with Crippen LogP contribution in [0.3, 0.4) is 0 Å². The molecule has 9 rings (SSSR count). The van der Waals surface area contributed by atoms with Gasteiger partial charge < -0.3 is 0 Å². The highest BCUT2D eigenvalue weighted by Gasteiger charge is 2.59. The molecule has 0 N–H and O–H groups in total. The first-order chi connectivity index (χ1) is 37.9. The highest BCUT2D eigenvalue weighted by atomic mass is 31.2. The summed E-state index contributed by atoms with van der Waals surface area (Å²) in [7, 11) is -5.20. The van der Waals surface area contributed by atoms with E-state index in [0.29, 0.717) is 19.3 Å². The summed E-state index contributed by atoms with van der Waals surface area (Å²) in [6, 6.07) is 94.5. The van der Waals surface area contributed by atoms with Crippen LogP contribution >= 0.6 is 7.82 Å². The number of rotatable bonds is 27. The minimum absolute atomic E-state index is 0.380. The lowest BCUT2D eigenvalue weighted by molar-refractivity contribution is -0.0663. The number of benzene rings is 9. The first kappa shape index (κ1) is 54.9.